The van der Waals surface area contributed by atoms with Gasteiger partial charge in [0.2, 0.25) is 0 Å². The minimum absolute atomic E-state index is 0.0670. The Morgan fingerprint density at radius 3 is 3.04 bits per heavy atom. The Morgan fingerprint density at radius 1 is 1.35 bits per heavy atom. The van der Waals surface area contributed by atoms with E-state index in [2.05, 4.69) is 15.5 Å². The minimum atomic E-state index is -0.663. The number of aromatic amines is 1. The summed E-state index contributed by atoms with van der Waals surface area (Å²) in [5, 5.41) is 19.7. The first-order chi connectivity index (χ1) is 11.2. The number of nitrogens with one attached hydrogen (secondary N) is 2. The molecule has 1 heterocycles. The van der Waals surface area contributed by atoms with E-state index >= 15 is 0 Å². The van der Waals surface area contributed by atoms with E-state index in [4.69, 9.17) is 9.84 Å². The summed E-state index contributed by atoms with van der Waals surface area (Å²) < 4.78 is 5.62. The first-order valence-electron chi connectivity index (χ1n) is 7.26. The van der Waals surface area contributed by atoms with Crippen molar-refractivity contribution in [3.05, 3.63) is 54.2 Å². The fourth-order valence-electron chi connectivity index (χ4n) is 2.24. The van der Waals surface area contributed by atoms with Gasteiger partial charge in [-0.1, -0.05) is 12.1 Å². The molecule has 6 nitrogen and oxygen atoms in total. The third-order valence-electron chi connectivity index (χ3n) is 3.47. The van der Waals surface area contributed by atoms with Crippen molar-refractivity contribution in [3.63, 3.8) is 0 Å². The predicted molar refractivity (Wildman–Crippen MR) is 87.2 cm³/mol. The molecule has 0 aliphatic heterocycles. The molecule has 0 aliphatic rings. The lowest BCUT2D eigenvalue weighted by atomic mass is 10.2. The molecule has 2 aromatic carbocycles. The van der Waals surface area contributed by atoms with Crippen LogP contribution >= 0.6 is 0 Å². The Bertz CT molecular complexity index is 829. The molecule has 0 spiro atoms. The van der Waals surface area contributed by atoms with Crippen LogP contribution in [-0.2, 0) is 11.4 Å². The van der Waals surface area contributed by atoms with E-state index in [0.717, 1.165) is 16.5 Å². The molecule has 118 valence electrons. The highest BCUT2D eigenvalue weighted by Crippen LogP contribution is 2.18. The van der Waals surface area contributed by atoms with Crippen LogP contribution in [0, 0.1) is 0 Å². The van der Waals surface area contributed by atoms with Crippen LogP contribution in [0.3, 0.4) is 0 Å². The number of ether oxygens (including phenoxy) is 1. The topological polar surface area (TPSA) is 87.2 Å². The van der Waals surface area contributed by atoms with Crippen LogP contribution in [0.25, 0.3) is 10.9 Å². The summed E-state index contributed by atoms with van der Waals surface area (Å²) in [6, 6.07) is 12.5. The van der Waals surface area contributed by atoms with Gasteiger partial charge in [-0.2, -0.15) is 5.10 Å². The zero-order valence-corrected chi connectivity index (χ0v) is 12.6. The molecule has 6 heteroatoms. The van der Waals surface area contributed by atoms with Gasteiger partial charge in [0.25, 0.3) is 5.91 Å². The number of nitrogens with zero attached hydrogens (tertiary/aromatic N) is 1. The first-order valence-corrected chi connectivity index (χ1v) is 7.26. The number of carbonyl (C=O) groups is 1. The van der Waals surface area contributed by atoms with Gasteiger partial charge in [-0.25, -0.2) is 0 Å². The molecule has 0 saturated carbocycles. The molecule has 1 amide bonds. The van der Waals surface area contributed by atoms with Crippen LogP contribution in [-0.4, -0.2) is 27.3 Å². The van der Waals surface area contributed by atoms with Gasteiger partial charge in [0.05, 0.1) is 18.3 Å². The summed E-state index contributed by atoms with van der Waals surface area (Å²) in [5.74, 6) is 0.298. The van der Waals surface area contributed by atoms with Crippen LogP contribution in [0.1, 0.15) is 12.5 Å². The molecule has 3 N–H and O–H groups in total. The largest absolute Gasteiger partial charge is 0.481 e. The molecule has 0 fully saturated rings. The molecule has 1 aromatic heterocycles. The van der Waals surface area contributed by atoms with Crippen LogP contribution in [0.5, 0.6) is 5.75 Å². The number of aromatic nitrogens is 2. The normalized spacial score (nSPS) is 12.1. The highest BCUT2D eigenvalue weighted by atomic mass is 16.5. The molecule has 0 bridgehead atoms. The SMILES string of the molecule is CC(Oc1cccc(CO)c1)C(=O)Nc1ccc2[nH]ncc2c1. The first kappa shape index (κ1) is 15.1. The number of carbonyl (C=O) groups excluding carboxylic acids is 1. The summed E-state index contributed by atoms with van der Waals surface area (Å²) in [6.45, 7) is 1.61. The Kier molecular flexibility index (Phi) is 4.25. The monoisotopic (exact) mass is 311 g/mol. The van der Waals surface area contributed by atoms with Crippen molar-refractivity contribution in [2.45, 2.75) is 19.6 Å². The Balaban J connectivity index is 1.66. The van der Waals surface area contributed by atoms with Crippen LogP contribution in [0.15, 0.2) is 48.7 Å². The van der Waals surface area contributed by atoms with Gasteiger partial charge in [0.15, 0.2) is 6.10 Å². The molecule has 3 aromatic rings. The van der Waals surface area contributed by atoms with Gasteiger partial charge in [-0.3, -0.25) is 9.89 Å². The molecule has 1 atom stereocenters. The van der Waals surface area contributed by atoms with Crippen molar-refractivity contribution in [1.29, 1.82) is 0 Å². The molecule has 1 unspecified atom stereocenters. The Morgan fingerprint density at radius 2 is 2.22 bits per heavy atom. The number of hydrogen-bond acceptors (Lipinski definition) is 4. The van der Waals surface area contributed by atoms with Crippen molar-refractivity contribution >= 4 is 22.5 Å². The second-order valence-electron chi connectivity index (χ2n) is 5.23. The average molecular weight is 311 g/mol. The lowest BCUT2D eigenvalue weighted by molar-refractivity contribution is -0.122. The number of fused-ring (bicyclic) bond motifs is 1. The van der Waals surface area contributed by atoms with Gasteiger partial charge in [-0.05, 0) is 42.8 Å². The van der Waals surface area contributed by atoms with E-state index in [1.807, 2.05) is 12.1 Å². The van der Waals surface area contributed by atoms with E-state index in [1.54, 1.807) is 43.5 Å². The second-order valence-corrected chi connectivity index (χ2v) is 5.23. The molecule has 0 saturated heterocycles. The second kappa shape index (κ2) is 6.50. The third kappa shape index (κ3) is 3.49. The summed E-state index contributed by atoms with van der Waals surface area (Å²) in [6.07, 6.45) is 1.04. The molecule has 0 aliphatic carbocycles. The number of benzene rings is 2. The highest BCUT2D eigenvalue weighted by Gasteiger charge is 2.15. The van der Waals surface area contributed by atoms with Gasteiger partial charge in [0, 0.05) is 11.1 Å². The van der Waals surface area contributed by atoms with Gasteiger partial charge in [-0.15, -0.1) is 0 Å². The number of aliphatic hydroxyl groups is 1. The zero-order chi connectivity index (χ0) is 16.2. The predicted octanol–water partition coefficient (Wildman–Crippen LogP) is 2.46. The number of aliphatic hydroxyl groups excluding tert-OH is 1. The maximum atomic E-state index is 12.2. The Hall–Kier alpha value is -2.86. The van der Waals surface area contributed by atoms with Crippen LogP contribution < -0.4 is 10.1 Å². The lowest BCUT2D eigenvalue weighted by Gasteiger charge is -2.15. The lowest BCUT2D eigenvalue weighted by Crippen LogP contribution is -2.30. The number of anilines is 1. The molecule has 3 rings (SSSR count). The van der Waals surface area contributed by atoms with Gasteiger partial charge >= 0.3 is 0 Å². The number of hydrogen-bond donors (Lipinski definition) is 3. The standard InChI is InChI=1S/C17H17N3O3/c1-11(23-15-4-2-3-12(7-15)10-21)17(22)19-14-5-6-16-13(8-14)9-18-20-16/h2-9,11,21H,10H2,1H3,(H,18,20)(H,19,22). The van der Waals surface area contributed by atoms with Crippen molar-refractivity contribution in [1.82, 2.24) is 10.2 Å². The summed E-state index contributed by atoms with van der Waals surface area (Å²) in [7, 11) is 0. The number of rotatable bonds is 5. The van der Waals surface area contributed by atoms with Crippen LogP contribution in [0.2, 0.25) is 0 Å². The molecule has 23 heavy (non-hydrogen) atoms. The van der Waals surface area contributed by atoms with Crippen molar-refractivity contribution in [2.24, 2.45) is 0 Å². The van der Waals surface area contributed by atoms with Crippen molar-refractivity contribution in [3.8, 4) is 5.75 Å². The Labute approximate surface area is 133 Å². The van der Waals surface area contributed by atoms with Gasteiger partial charge < -0.3 is 15.2 Å². The van der Waals surface area contributed by atoms with E-state index in [9.17, 15) is 4.79 Å². The van der Waals surface area contributed by atoms with Gasteiger partial charge in [0.1, 0.15) is 5.75 Å². The van der Waals surface area contributed by atoms with E-state index in [0.29, 0.717) is 11.4 Å². The van der Waals surface area contributed by atoms with Crippen molar-refractivity contribution in [2.75, 3.05) is 5.32 Å². The highest BCUT2D eigenvalue weighted by molar-refractivity contribution is 5.96. The average Bonchev–Trinajstić information content (AvgIpc) is 3.02. The smallest absolute Gasteiger partial charge is 0.265 e. The maximum Gasteiger partial charge on any atom is 0.265 e. The fraction of sp³-hybridized carbons (Fsp3) is 0.176. The van der Waals surface area contributed by atoms with E-state index in [-0.39, 0.29) is 12.5 Å². The summed E-state index contributed by atoms with van der Waals surface area (Å²) >= 11 is 0. The molecule has 0 radical (unpaired) electrons. The van der Waals surface area contributed by atoms with Crippen LogP contribution in [0.4, 0.5) is 5.69 Å². The zero-order valence-electron chi connectivity index (χ0n) is 12.6. The van der Waals surface area contributed by atoms with E-state index < -0.39 is 6.10 Å². The molecular formula is C17H17N3O3. The third-order valence-corrected chi connectivity index (χ3v) is 3.47. The minimum Gasteiger partial charge on any atom is -0.481 e. The van der Waals surface area contributed by atoms with E-state index in [1.165, 1.54) is 0 Å². The quantitative estimate of drug-likeness (QED) is 0.675. The summed E-state index contributed by atoms with van der Waals surface area (Å²) in [4.78, 5) is 12.2. The summed E-state index contributed by atoms with van der Waals surface area (Å²) in [5.41, 5.74) is 2.33. The fourth-order valence-corrected chi connectivity index (χ4v) is 2.24. The molecular weight excluding hydrogens is 294 g/mol. The number of amides is 1. The maximum absolute atomic E-state index is 12.2. The van der Waals surface area contributed by atoms with Crippen molar-refractivity contribution < 1.29 is 14.6 Å². The number of H-pyrrole nitrogens is 1.